The third-order valence-corrected chi connectivity index (χ3v) is 3.09. The minimum atomic E-state index is -0.531. The SMILES string of the molecule is CCC(N)c1cnn(Cc2cc(F)ccc2[N+](=O)[O-])c1. The Labute approximate surface area is 115 Å². The number of benzene rings is 1. The first-order valence-electron chi connectivity index (χ1n) is 6.22. The van der Waals surface area contributed by atoms with Crippen molar-refractivity contribution in [3.05, 3.63) is 57.7 Å². The smallest absolute Gasteiger partial charge is 0.274 e. The molecule has 7 heteroatoms. The maximum absolute atomic E-state index is 13.2. The molecule has 1 heterocycles. The lowest BCUT2D eigenvalue weighted by molar-refractivity contribution is -0.385. The van der Waals surface area contributed by atoms with Crippen LogP contribution in [0, 0.1) is 15.9 Å². The zero-order chi connectivity index (χ0) is 14.7. The number of rotatable bonds is 5. The summed E-state index contributed by atoms with van der Waals surface area (Å²) in [4.78, 5) is 10.4. The summed E-state index contributed by atoms with van der Waals surface area (Å²) in [7, 11) is 0. The summed E-state index contributed by atoms with van der Waals surface area (Å²) >= 11 is 0. The zero-order valence-electron chi connectivity index (χ0n) is 11.0. The van der Waals surface area contributed by atoms with Crippen molar-refractivity contribution in [3.63, 3.8) is 0 Å². The van der Waals surface area contributed by atoms with Gasteiger partial charge in [0, 0.05) is 23.9 Å². The van der Waals surface area contributed by atoms with Crippen LogP contribution in [0.3, 0.4) is 0 Å². The van der Waals surface area contributed by atoms with Crippen molar-refractivity contribution in [1.29, 1.82) is 0 Å². The molecule has 20 heavy (non-hydrogen) atoms. The molecule has 0 saturated carbocycles. The first-order valence-corrected chi connectivity index (χ1v) is 6.22. The van der Waals surface area contributed by atoms with Crippen molar-refractivity contribution in [2.75, 3.05) is 0 Å². The molecule has 0 bridgehead atoms. The van der Waals surface area contributed by atoms with Crippen LogP contribution in [0.4, 0.5) is 10.1 Å². The lowest BCUT2D eigenvalue weighted by Gasteiger charge is -2.05. The van der Waals surface area contributed by atoms with Crippen LogP contribution >= 0.6 is 0 Å². The van der Waals surface area contributed by atoms with Crippen LogP contribution in [0.5, 0.6) is 0 Å². The highest BCUT2D eigenvalue weighted by Gasteiger charge is 2.15. The molecule has 1 aromatic carbocycles. The van der Waals surface area contributed by atoms with Gasteiger partial charge in [0.05, 0.1) is 23.2 Å². The van der Waals surface area contributed by atoms with Gasteiger partial charge in [-0.3, -0.25) is 14.8 Å². The van der Waals surface area contributed by atoms with Gasteiger partial charge in [-0.2, -0.15) is 5.10 Å². The van der Waals surface area contributed by atoms with Crippen LogP contribution < -0.4 is 5.73 Å². The number of nitro groups is 1. The van der Waals surface area contributed by atoms with Crippen molar-refractivity contribution < 1.29 is 9.31 Å². The summed E-state index contributed by atoms with van der Waals surface area (Å²) in [6, 6.07) is 3.26. The fraction of sp³-hybridized carbons (Fsp3) is 0.308. The van der Waals surface area contributed by atoms with E-state index in [-0.39, 0.29) is 23.8 Å². The third-order valence-electron chi connectivity index (χ3n) is 3.09. The van der Waals surface area contributed by atoms with Gasteiger partial charge in [-0.15, -0.1) is 0 Å². The van der Waals surface area contributed by atoms with Crippen LogP contribution in [-0.2, 0) is 6.54 Å². The quantitative estimate of drug-likeness (QED) is 0.672. The second-order valence-electron chi connectivity index (χ2n) is 4.52. The summed E-state index contributed by atoms with van der Waals surface area (Å²) in [5.41, 5.74) is 6.89. The van der Waals surface area contributed by atoms with Crippen LogP contribution in [-0.4, -0.2) is 14.7 Å². The Hall–Kier alpha value is -2.28. The van der Waals surface area contributed by atoms with Gasteiger partial charge >= 0.3 is 0 Å². The maximum Gasteiger partial charge on any atom is 0.274 e. The number of hydrogen-bond acceptors (Lipinski definition) is 4. The summed E-state index contributed by atoms with van der Waals surface area (Å²) in [5, 5.41) is 15.0. The van der Waals surface area contributed by atoms with Crippen molar-refractivity contribution in [2.24, 2.45) is 5.73 Å². The predicted octanol–water partition coefficient (Wildman–Crippen LogP) is 2.39. The average Bonchev–Trinajstić information content (AvgIpc) is 2.86. The molecule has 0 amide bonds. The second-order valence-corrected chi connectivity index (χ2v) is 4.52. The van der Waals surface area contributed by atoms with E-state index in [1.54, 1.807) is 12.4 Å². The van der Waals surface area contributed by atoms with E-state index in [1.807, 2.05) is 6.92 Å². The lowest BCUT2D eigenvalue weighted by Crippen LogP contribution is -2.08. The van der Waals surface area contributed by atoms with Gasteiger partial charge in [0.25, 0.3) is 5.69 Å². The average molecular weight is 278 g/mol. The number of nitrogens with zero attached hydrogens (tertiary/aromatic N) is 3. The standard InChI is InChI=1S/C13H15FN4O2/c1-2-12(15)10-6-16-17(8-10)7-9-5-11(14)3-4-13(9)18(19)20/h3-6,8,12H,2,7,15H2,1H3. The molecule has 0 aliphatic carbocycles. The summed E-state index contributed by atoms with van der Waals surface area (Å²) in [6.07, 6.45) is 4.12. The highest BCUT2D eigenvalue weighted by molar-refractivity contribution is 5.40. The van der Waals surface area contributed by atoms with E-state index >= 15 is 0 Å². The molecular formula is C13H15FN4O2. The number of hydrogen-bond donors (Lipinski definition) is 1. The number of nitro benzene ring substituents is 1. The molecule has 0 aliphatic rings. The molecule has 1 unspecified atom stereocenters. The normalized spacial score (nSPS) is 12.3. The largest absolute Gasteiger partial charge is 0.324 e. The molecule has 2 aromatic rings. The van der Waals surface area contributed by atoms with Gasteiger partial charge in [0.15, 0.2) is 0 Å². The molecule has 1 atom stereocenters. The van der Waals surface area contributed by atoms with Gasteiger partial charge in [0.1, 0.15) is 5.82 Å². The summed E-state index contributed by atoms with van der Waals surface area (Å²) in [6.45, 7) is 2.09. The van der Waals surface area contributed by atoms with Crippen molar-refractivity contribution in [1.82, 2.24) is 9.78 Å². The van der Waals surface area contributed by atoms with E-state index in [4.69, 9.17) is 5.73 Å². The van der Waals surface area contributed by atoms with Gasteiger partial charge in [-0.1, -0.05) is 6.92 Å². The molecule has 1 aromatic heterocycles. The maximum atomic E-state index is 13.2. The van der Waals surface area contributed by atoms with Gasteiger partial charge in [-0.25, -0.2) is 4.39 Å². The highest BCUT2D eigenvalue weighted by atomic mass is 19.1. The van der Waals surface area contributed by atoms with Gasteiger partial charge in [-0.05, 0) is 18.6 Å². The van der Waals surface area contributed by atoms with E-state index in [0.29, 0.717) is 0 Å². The van der Waals surface area contributed by atoms with E-state index in [0.717, 1.165) is 30.2 Å². The van der Waals surface area contributed by atoms with Crippen LogP contribution in [0.25, 0.3) is 0 Å². The molecule has 2 rings (SSSR count). The Morgan fingerprint density at radius 1 is 1.55 bits per heavy atom. The Bertz CT molecular complexity index is 627. The van der Waals surface area contributed by atoms with Crippen LogP contribution in [0.1, 0.15) is 30.5 Å². The van der Waals surface area contributed by atoms with Crippen molar-refractivity contribution in [2.45, 2.75) is 25.9 Å². The fourth-order valence-corrected chi connectivity index (χ4v) is 1.93. The predicted molar refractivity (Wildman–Crippen MR) is 71.6 cm³/mol. The zero-order valence-corrected chi connectivity index (χ0v) is 11.0. The molecule has 0 aliphatic heterocycles. The minimum absolute atomic E-state index is 0.119. The van der Waals surface area contributed by atoms with Gasteiger partial charge in [0.2, 0.25) is 0 Å². The molecule has 2 N–H and O–H groups in total. The topological polar surface area (TPSA) is 87.0 Å². The molecule has 106 valence electrons. The van der Waals surface area contributed by atoms with Crippen LogP contribution in [0.2, 0.25) is 0 Å². The molecule has 6 nitrogen and oxygen atoms in total. The Morgan fingerprint density at radius 2 is 2.30 bits per heavy atom. The van der Waals surface area contributed by atoms with E-state index in [9.17, 15) is 14.5 Å². The molecular weight excluding hydrogens is 263 g/mol. The Kier molecular flexibility index (Phi) is 4.09. The van der Waals surface area contributed by atoms with E-state index in [2.05, 4.69) is 5.10 Å². The summed E-state index contributed by atoms with van der Waals surface area (Å²) in [5.74, 6) is -0.511. The first-order chi connectivity index (χ1) is 9.51. The number of halogens is 1. The monoisotopic (exact) mass is 278 g/mol. The molecule has 0 radical (unpaired) electrons. The Morgan fingerprint density at radius 3 is 2.95 bits per heavy atom. The molecule has 0 fully saturated rings. The lowest BCUT2D eigenvalue weighted by atomic mass is 10.1. The van der Waals surface area contributed by atoms with Crippen molar-refractivity contribution >= 4 is 5.69 Å². The Balaban J connectivity index is 2.27. The van der Waals surface area contributed by atoms with E-state index in [1.165, 1.54) is 4.68 Å². The summed E-state index contributed by atoms with van der Waals surface area (Å²) < 4.78 is 14.7. The molecule has 0 spiro atoms. The number of nitrogens with two attached hydrogens (primary N) is 1. The minimum Gasteiger partial charge on any atom is -0.324 e. The third kappa shape index (κ3) is 3.00. The highest BCUT2D eigenvalue weighted by Crippen LogP contribution is 2.21. The fourth-order valence-electron chi connectivity index (χ4n) is 1.93. The van der Waals surface area contributed by atoms with Crippen molar-refractivity contribution in [3.8, 4) is 0 Å². The number of aromatic nitrogens is 2. The van der Waals surface area contributed by atoms with Crippen LogP contribution in [0.15, 0.2) is 30.6 Å². The first kappa shape index (κ1) is 14.1. The van der Waals surface area contributed by atoms with Gasteiger partial charge < -0.3 is 5.73 Å². The second kappa shape index (κ2) is 5.79. The van der Waals surface area contributed by atoms with E-state index < -0.39 is 10.7 Å². The molecule has 0 saturated heterocycles.